The molecule has 0 radical (unpaired) electrons. The van der Waals surface area contributed by atoms with Crippen LogP contribution >= 0.6 is 0 Å². The molecule has 1 atom stereocenters. The standard InChI is InChI=1S/C20H22N4O5S/c1-20(14-8-5-4-6-9-14)18(26)24(19(27)22-20)13-17(25)21-15-10-7-11-16(12-15)30(28,29)23(2)3/h4-12H,13H2,1-3H3,(H,21,25)(H,22,27). The predicted molar refractivity (Wildman–Crippen MR) is 110 cm³/mol. The number of hydrogen-bond acceptors (Lipinski definition) is 5. The smallest absolute Gasteiger partial charge is 0.324 e. The van der Waals surface area contributed by atoms with Crippen LogP contribution in [-0.2, 0) is 25.2 Å². The highest BCUT2D eigenvalue weighted by Crippen LogP contribution is 2.28. The molecule has 1 aliphatic heterocycles. The van der Waals surface area contributed by atoms with Gasteiger partial charge in [-0.3, -0.25) is 14.5 Å². The van der Waals surface area contributed by atoms with Gasteiger partial charge in [-0.2, -0.15) is 0 Å². The number of anilines is 1. The van der Waals surface area contributed by atoms with Crippen molar-refractivity contribution in [3.63, 3.8) is 0 Å². The third-order valence-corrected chi connectivity index (χ3v) is 6.64. The van der Waals surface area contributed by atoms with E-state index in [1.807, 2.05) is 0 Å². The second kappa shape index (κ2) is 7.88. The number of hydrogen-bond donors (Lipinski definition) is 2. The fourth-order valence-corrected chi connectivity index (χ4v) is 4.05. The first-order chi connectivity index (χ1) is 14.1. The number of carbonyl (C=O) groups excluding carboxylic acids is 3. The van der Waals surface area contributed by atoms with E-state index in [0.29, 0.717) is 5.56 Å². The molecule has 0 aromatic heterocycles. The van der Waals surface area contributed by atoms with Gasteiger partial charge in [-0.15, -0.1) is 0 Å². The number of amides is 4. The van der Waals surface area contributed by atoms with E-state index in [0.717, 1.165) is 9.21 Å². The molecule has 3 rings (SSSR count). The minimum atomic E-state index is -3.67. The van der Waals surface area contributed by atoms with Gasteiger partial charge < -0.3 is 10.6 Å². The number of nitrogens with one attached hydrogen (secondary N) is 2. The first-order valence-corrected chi connectivity index (χ1v) is 10.5. The molecular weight excluding hydrogens is 408 g/mol. The summed E-state index contributed by atoms with van der Waals surface area (Å²) < 4.78 is 25.6. The minimum absolute atomic E-state index is 0.0111. The Kier molecular flexibility index (Phi) is 5.64. The van der Waals surface area contributed by atoms with Gasteiger partial charge in [0, 0.05) is 19.8 Å². The Morgan fingerprint density at radius 1 is 1.10 bits per heavy atom. The number of rotatable bonds is 6. The van der Waals surface area contributed by atoms with Crippen LogP contribution in [0.1, 0.15) is 12.5 Å². The summed E-state index contributed by atoms with van der Waals surface area (Å²) in [6.07, 6.45) is 0. The average Bonchev–Trinajstić information content (AvgIpc) is 2.92. The van der Waals surface area contributed by atoms with E-state index in [9.17, 15) is 22.8 Å². The second-order valence-electron chi connectivity index (χ2n) is 7.18. The molecule has 1 fully saturated rings. The Morgan fingerprint density at radius 3 is 2.40 bits per heavy atom. The van der Waals surface area contributed by atoms with Crippen molar-refractivity contribution < 1.29 is 22.8 Å². The van der Waals surface area contributed by atoms with Crippen LogP contribution in [0.2, 0.25) is 0 Å². The van der Waals surface area contributed by atoms with Crippen LogP contribution in [0.15, 0.2) is 59.5 Å². The zero-order valence-corrected chi connectivity index (χ0v) is 17.6. The average molecular weight is 430 g/mol. The summed E-state index contributed by atoms with van der Waals surface area (Å²) in [7, 11) is -0.858. The van der Waals surface area contributed by atoms with Crippen LogP contribution in [0.3, 0.4) is 0 Å². The number of imide groups is 1. The number of urea groups is 1. The van der Waals surface area contributed by atoms with Gasteiger partial charge in [-0.25, -0.2) is 17.5 Å². The summed E-state index contributed by atoms with van der Waals surface area (Å²) in [5.74, 6) is -1.17. The summed E-state index contributed by atoms with van der Waals surface area (Å²) in [5.41, 5.74) is -0.424. The maximum absolute atomic E-state index is 12.9. The number of benzene rings is 2. The van der Waals surface area contributed by atoms with E-state index < -0.39 is 40.0 Å². The third-order valence-electron chi connectivity index (χ3n) is 4.82. The van der Waals surface area contributed by atoms with Gasteiger partial charge in [0.15, 0.2) is 0 Å². The highest BCUT2D eigenvalue weighted by Gasteiger charge is 2.49. The molecule has 2 aromatic carbocycles. The molecule has 158 valence electrons. The Morgan fingerprint density at radius 2 is 1.77 bits per heavy atom. The molecule has 1 aliphatic rings. The first kappa shape index (κ1) is 21.5. The predicted octanol–water partition coefficient (Wildman–Crippen LogP) is 1.34. The molecular formula is C20H22N4O5S. The zero-order chi connectivity index (χ0) is 22.1. The Labute approximate surface area is 174 Å². The lowest BCUT2D eigenvalue weighted by atomic mass is 9.92. The van der Waals surface area contributed by atoms with E-state index in [1.54, 1.807) is 37.3 Å². The number of carbonyl (C=O) groups is 3. The fourth-order valence-electron chi connectivity index (χ4n) is 3.10. The van der Waals surface area contributed by atoms with Crippen molar-refractivity contribution in [2.45, 2.75) is 17.4 Å². The minimum Gasteiger partial charge on any atom is -0.324 e. The van der Waals surface area contributed by atoms with Crippen molar-refractivity contribution in [1.82, 2.24) is 14.5 Å². The molecule has 1 heterocycles. The summed E-state index contributed by atoms with van der Waals surface area (Å²) >= 11 is 0. The summed E-state index contributed by atoms with van der Waals surface area (Å²) in [4.78, 5) is 38.5. The SMILES string of the molecule is CN(C)S(=O)(=O)c1cccc(NC(=O)CN2C(=O)NC(C)(c3ccccc3)C2=O)c1. The van der Waals surface area contributed by atoms with Crippen molar-refractivity contribution in [3.05, 3.63) is 60.2 Å². The Balaban J connectivity index is 1.74. The molecule has 0 aliphatic carbocycles. The highest BCUT2D eigenvalue weighted by molar-refractivity contribution is 7.89. The van der Waals surface area contributed by atoms with Gasteiger partial charge in [-0.05, 0) is 30.7 Å². The molecule has 2 N–H and O–H groups in total. The molecule has 0 bridgehead atoms. The van der Waals surface area contributed by atoms with Gasteiger partial charge in [0.05, 0.1) is 4.90 Å². The van der Waals surface area contributed by atoms with E-state index >= 15 is 0 Å². The molecule has 9 nitrogen and oxygen atoms in total. The van der Waals surface area contributed by atoms with E-state index in [4.69, 9.17) is 0 Å². The van der Waals surface area contributed by atoms with Gasteiger partial charge in [-0.1, -0.05) is 36.4 Å². The summed E-state index contributed by atoms with van der Waals surface area (Å²) in [6.45, 7) is 1.08. The molecule has 1 unspecified atom stereocenters. The summed E-state index contributed by atoms with van der Waals surface area (Å²) in [6, 6.07) is 13.8. The fraction of sp³-hybridized carbons (Fsp3) is 0.250. The monoisotopic (exact) mass is 430 g/mol. The lowest BCUT2D eigenvalue weighted by molar-refractivity contribution is -0.133. The van der Waals surface area contributed by atoms with Gasteiger partial charge in [0.25, 0.3) is 5.91 Å². The zero-order valence-electron chi connectivity index (χ0n) is 16.7. The molecule has 1 saturated heterocycles. The van der Waals surface area contributed by atoms with Crippen molar-refractivity contribution in [1.29, 1.82) is 0 Å². The number of nitrogens with zero attached hydrogens (tertiary/aromatic N) is 2. The molecule has 4 amide bonds. The Hall–Kier alpha value is -3.24. The van der Waals surface area contributed by atoms with Crippen molar-refractivity contribution in [2.24, 2.45) is 0 Å². The normalized spacial score (nSPS) is 19.1. The van der Waals surface area contributed by atoms with Crippen molar-refractivity contribution in [2.75, 3.05) is 26.0 Å². The molecule has 0 saturated carbocycles. The van der Waals surface area contributed by atoms with Crippen LogP contribution in [0, 0.1) is 0 Å². The first-order valence-electron chi connectivity index (χ1n) is 9.08. The lowest BCUT2D eigenvalue weighted by Crippen LogP contribution is -2.42. The van der Waals surface area contributed by atoms with E-state index in [1.165, 1.54) is 38.4 Å². The van der Waals surface area contributed by atoms with Crippen LogP contribution < -0.4 is 10.6 Å². The van der Waals surface area contributed by atoms with Gasteiger partial charge in [0.2, 0.25) is 15.9 Å². The highest BCUT2D eigenvalue weighted by atomic mass is 32.2. The van der Waals surface area contributed by atoms with Crippen molar-refractivity contribution in [3.8, 4) is 0 Å². The molecule has 2 aromatic rings. The largest absolute Gasteiger partial charge is 0.325 e. The third kappa shape index (κ3) is 3.91. The topological polar surface area (TPSA) is 116 Å². The van der Waals surface area contributed by atoms with Crippen LogP contribution in [0.5, 0.6) is 0 Å². The Bertz CT molecular complexity index is 1100. The summed E-state index contributed by atoms with van der Waals surface area (Å²) in [5, 5.41) is 5.16. The lowest BCUT2D eigenvalue weighted by Gasteiger charge is -2.22. The molecule has 10 heteroatoms. The van der Waals surface area contributed by atoms with Crippen molar-refractivity contribution >= 4 is 33.6 Å². The molecule has 0 spiro atoms. The van der Waals surface area contributed by atoms with Gasteiger partial charge in [0.1, 0.15) is 12.1 Å². The van der Waals surface area contributed by atoms with E-state index in [-0.39, 0.29) is 10.6 Å². The number of sulfonamides is 1. The maximum Gasteiger partial charge on any atom is 0.325 e. The van der Waals surface area contributed by atoms with E-state index in [2.05, 4.69) is 10.6 Å². The van der Waals surface area contributed by atoms with Crippen LogP contribution in [0.4, 0.5) is 10.5 Å². The van der Waals surface area contributed by atoms with Gasteiger partial charge >= 0.3 is 6.03 Å². The van der Waals surface area contributed by atoms with Crippen LogP contribution in [0.25, 0.3) is 0 Å². The molecule has 30 heavy (non-hydrogen) atoms. The maximum atomic E-state index is 12.9. The quantitative estimate of drug-likeness (QED) is 0.671. The second-order valence-corrected chi connectivity index (χ2v) is 9.33. The van der Waals surface area contributed by atoms with Crippen LogP contribution in [-0.4, -0.2) is 56.1 Å².